The van der Waals surface area contributed by atoms with Gasteiger partial charge in [0.2, 0.25) is 0 Å². The van der Waals surface area contributed by atoms with Gasteiger partial charge in [-0.3, -0.25) is 4.79 Å². The van der Waals surface area contributed by atoms with Crippen molar-refractivity contribution in [2.24, 2.45) is 11.0 Å². The summed E-state index contributed by atoms with van der Waals surface area (Å²) in [5, 5.41) is 4.00. The van der Waals surface area contributed by atoms with Crippen molar-refractivity contribution in [3.8, 4) is 0 Å². The van der Waals surface area contributed by atoms with Gasteiger partial charge in [0.25, 0.3) is 5.91 Å². The maximum atomic E-state index is 11.9. The van der Waals surface area contributed by atoms with Gasteiger partial charge in [-0.2, -0.15) is 5.10 Å². The molecule has 1 atom stereocenters. The Morgan fingerprint density at radius 3 is 2.80 bits per heavy atom. The molecule has 1 amide bonds. The predicted octanol–water partition coefficient (Wildman–Crippen LogP) is 2.66. The number of hydrazone groups is 1. The summed E-state index contributed by atoms with van der Waals surface area (Å²) in [4.78, 5) is 18.2. The zero-order valence-corrected chi connectivity index (χ0v) is 14.4. The molecule has 2 aromatic rings. The molecule has 1 saturated heterocycles. The van der Waals surface area contributed by atoms with Crippen LogP contribution in [0.5, 0.6) is 0 Å². The molecule has 2 heterocycles. The van der Waals surface area contributed by atoms with Crippen molar-refractivity contribution >= 4 is 23.6 Å². The summed E-state index contributed by atoms with van der Waals surface area (Å²) >= 11 is 0. The van der Waals surface area contributed by atoms with Crippen LogP contribution in [-0.4, -0.2) is 30.2 Å². The van der Waals surface area contributed by atoms with Crippen molar-refractivity contribution in [1.29, 1.82) is 0 Å². The number of aromatic nitrogens is 1. The first kappa shape index (κ1) is 17.0. The molecular weight excluding hydrogens is 314 g/mol. The van der Waals surface area contributed by atoms with Gasteiger partial charge < -0.3 is 10.6 Å². The summed E-state index contributed by atoms with van der Waals surface area (Å²) in [5.41, 5.74) is 10.6. The second-order valence-corrected chi connectivity index (χ2v) is 6.46. The van der Waals surface area contributed by atoms with Crippen LogP contribution >= 0.6 is 0 Å². The highest BCUT2D eigenvalue weighted by Gasteiger charge is 2.16. The molecule has 6 nitrogen and oxygen atoms in total. The molecule has 130 valence electrons. The number of carbonyl (C=O) groups is 1. The van der Waals surface area contributed by atoms with Gasteiger partial charge in [0.15, 0.2) is 0 Å². The lowest BCUT2D eigenvalue weighted by Crippen LogP contribution is -2.34. The fraction of sp³-hybridized carbons (Fsp3) is 0.316. The summed E-state index contributed by atoms with van der Waals surface area (Å²) in [6.45, 7) is 4.52. The van der Waals surface area contributed by atoms with E-state index in [-0.39, 0.29) is 5.91 Å². The number of piperidine rings is 1. The molecule has 1 aliphatic rings. The number of nitrogens with two attached hydrogens (primary N) is 1. The van der Waals surface area contributed by atoms with Crippen LogP contribution in [0.3, 0.4) is 0 Å². The van der Waals surface area contributed by atoms with E-state index >= 15 is 0 Å². The highest BCUT2D eigenvalue weighted by molar-refractivity contribution is 5.94. The number of hydrogen-bond acceptors (Lipinski definition) is 5. The second kappa shape index (κ2) is 7.79. The maximum absolute atomic E-state index is 11.9. The molecule has 0 bridgehead atoms. The number of nitrogen functional groups attached to an aromatic ring is 1. The van der Waals surface area contributed by atoms with E-state index in [1.54, 1.807) is 18.3 Å². The minimum absolute atomic E-state index is 0.317. The average molecular weight is 337 g/mol. The van der Waals surface area contributed by atoms with Gasteiger partial charge >= 0.3 is 0 Å². The van der Waals surface area contributed by atoms with Crippen molar-refractivity contribution in [3.05, 3.63) is 53.7 Å². The predicted molar refractivity (Wildman–Crippen MR) is 101 cm³/mol. The lowest BCUT2D eigenvalue weighted by molar-refractivity contribution is 0.0955. The highest BCUT2D eigenvalue weighted by Crippen LogP contribution is 2.22. The molecule has 0 aliphatic carbocycles. The topological polar surface area (TPSA) is 83.6 Å². The Morgan fingerprint density at radius 1 is 1.32 bits per heavy atom. The highest BCUT2D eigenvalue weighted by atomic mass is 16.2. The Morgan fingerprint density at radius 2 is 2.12 bits per heavy atom. The molecule has 1 fully saturated rings. The van der Waals surface area contributed by atoms with Gasteiger partial charge in [-0.15, -0.1) is 0 Å². The molecule has 1 aromatic heterocycles. The third-order valence-corrected chi connectivity index (χ3v) is 4.34. The first-order chi connectivity index (χ1) is 12.1. The SMILES string of the molecule is CC1CCCN(c2ccc(/C=N/NC(=O)c3ccc(N)nc3)cc2)C1. The molecule has 3 rings (SSSR count). The Hall–Kier alpha value is -2.89. The first-order valence-electron chi connectivity index (χ1n) is 8.52. The van der Waals surface area contributed by atoms with E-state index < -0.39 is 0 Å². The summed E-state index contributed by atoms with van der Waals surface area (Å²) < 4.78 is 0. The lowest BCUT2D eigenvalue weighted by atomic mass is 9.99. The van der Waals surface area contributed by atoms with E-state index in [2.05, 4.69) is 39.5 Å². The van der Waals surface area contributed by atoms with E-state index in [1.165, 1.54) is 24.7 Å². The number of nitrogens with zero attached hydrogens (tertiary/aromatic N) is 3. The molecule has 1 aromatic carbocycles. The van der Waals surface area contributed by atoms with Crippen LogP contribution in [0.4, 0.5) is 11.5 Å². The number of rotatable bonds is 4. The van der Waals surface area contributed by atoms with Gasteiger partial charge in [-0.1, -0.05) is 19.1 Å². The van der Waals surface area contributed by atoms with Crippen LogP contribution in [0.2, 0.25) is 0 Å². The van der Waals surface area contributed by atoms with Crippen molar-refractivity contribution in [2.75, 3.05) is 23.7 Å². The number of carbonyl (C=O) groups excluding carboxylic acids is 1. The number of anilines is 2. The minimum Gasteiger partial charge on any atom is -0.384 e. The molecule has 1 unspecified atom stereocenters. The zero-order valence-electron chi connectivity index (χ0n) is 14.4. The van der Waals surface area contributed by atoms with Crippen molar-refractivity contribution in [1.82, 2.24) is 10.4 Å². The molecule has 6 heteroatoms. The lowest BCUT2D eigenvalue weighted by Gasteiger charge is -2.32. The summed E-state index contributed by atoms with van der Waals surface area (Å²) in [6.07, 6.45) is 5.61. The molecule has 25 heavy (non-hydrogen) atoms. The fourth-order valence-corrected chi connectivity index (χ4v) is 2.96. The minimum atomic E-state index is -0.317. The van der Waals surface area contributed by atoms with Crippen LogP contribution in [0.15, 0.2) is 47.7 Å². The fourth-order valence-electron chi connectivity index (χ4n) is 2.96. The maximum Gasteiger partial charge on any atom is 0.272 e. The van der Waals surface area contributed by atoms with Crippen LogP contribution in [0, 0.1) is 5.92 Å². The monoisotopic (exact) mass is 337 g/mol. The molecular formula is C19H23N5O. The average Bonchev–Trinajstić information content (AvgIpc) is 2.63. The molecule has 0 saturated carbocycles. The van der Waals surface area contributed by atoms with Crippen LogP contribution in [-0.2, 0) is 0 Å². The number of nitrogens with one attached hydrogen (secondary N) is 1. The third-order valence-electron chi connectivity index (χ3n) is 4.34. The van der Waals surface area contributed by atoms with E-state index in [9.17, 15) is 4.79 Å². The summed E-state index contributed by atoms with van der Waals surface area (Å²) in [7, 11) is 0. The Balaban J connectivity index is 1.56. The third kappa shape index (κ3) is 4.56. The summed E-state index contributed by atoms with van der Waals surface area (Å²) in [6, 6.07) is 11.4. The zero-order chi connectivity index (χ0) is 17.6. The van der Waals surface area contributed by atoms with Crippen molar-refractivity contribution in [2.45, 2.75) is 19.8 Å². The van der Waals surface area contributed by atoms with Gasteiger partial charge in [-0.05, 0) is 48.6 Å². The van der Waals surface area contributed by atoms with E-state index in [1.807, 2.05) is 12.1 Å². The molecule has 3 N–H and O–H groups in total. The standard InChI is InChI=1S/C19H23N5O/c1-14-3-2-10-24(13-14)17-7-4-15(5-8-17)11-22-23-19(25)16-6-9-18(20)21-12-16/h4-9,11-12,14H,2-3,10,13H2,1H3,(H2,20,21)(H,23,25)/b22-11+. The normalized spacial score (nSPS) is 17.6. The second-order valence-electron chi connectivity index (χ2n) is 6.46. The van der Waals surface area contributed by atoms with Gasteiger partial charge in [-0.25, -0.2) is 10.4 Å². The largest absolute Gasteiger partial charge is 0.384 e. The Kier molecular flexibility index (Phi) is 5.28. The van der Waals surface area contributed by atoms with Gasteiger partial charge in [0.05, 0.1) is 11.8 Å². The smallest absolute Gasteiger partial charge is 0.272 e. The quantitative estimate of drug-likeness (QED) is 0.664. The number of benzene rings is 1. The molecule has 0 radical (unpaired) electrons. The van der Waals surface area contributed by atoms with Crippen molar-refractivity contribution in [3.63, 3.8) is 0 Å². The van der Waals surface area contributed by atoms with Gasteiger partial charge in [0, 0.05) is 25.0 Å². The molecule has 1 aliphatic heterocycles. The van der Waals surface area contributed by atoms with E-state index in [0.29, 0.717) is 11.4 Å². The number of amides is 1. The first-order valence-corrected chi connectivity index (χ1v) is 8.52. The number of pyridine rings is 1. The van der Waals surface area contributed by atoms with E-state index in [0.717, 1.165) is 24.6 Å². The molecule has 0 spiro atoms. The van der Waals surface area contributed by atoms with Crippen LogP contribution < -0.4 is 16.1 Å². The number of hydrogen-bond donors (Lipinski definition) is 2. The Bertz CT molecular complexity index is 739. The Labute approximate surface area is 147 Å². The van der Waals surface area contributed by atoms with E-state index in [4.69, 9.17) is 5.73 Å². The van der Waals surface area contributed by atoms with Crippen LogP contribution in [0.1, 0.15) is 35.7 Å². The van der Waals surface area contributed by atoms with Crippen LogP contribution in [0.25, 0.3) is 0 Å². The van der Waals surface area contributed by atoms with Crippen molar-refractivity contribution < 1.29 is 4.79 Å². The van der Waals surface area contributed by atoms with Gasteiger partial charge in [0.1, 0.15) is 5.82 Å². The summed E-state index contributed by atoms with van der Waals surface area (Å²) in [5.74, 6) is 0.805.